The Hall–Kier alpha value is -1.76. The number of carbonyl (C=O) groups excluding carboxylic acids is 1. The van der Waals surface area contributed by atoms with Crippen LogP contribution in [0.3, 0.4) is 0 Å². The van der Waals surface area contributed by atoms with E-state index in [-0.39, 0.29) is 11.9 Å². The lowest BCUT2D eigenvalue weighted by Gasteiger charge is -2.34. The van der Waals surface area contributed by atoms with E-state index in [2.05, 4.69) is 11.4 Å². The molecule has 1 unspecified atom stereocenters. The van der Waals surface area contributed by atoms with Crippen LogP contribution in [-0.4, -0.2) is 5.91 Å². The first-order valence-electron chi connectivity index (χ1n) is 5.86. The predicted octanol–water partition coefficient (Wildman–Crippen LogP) is 2.46. The maximum Gasteiger partial charge on any atom is 0.241 e. The lowest BCUT2D eigenvalue weighted by molar-refractivity contribution is -0.132. The van der Waals surface area contributed by atoms with Gasteiger partial charge in [0.1, 0.15) is 16.9 Å². The first-order valence-corrected chi connectivity index (χ1v) is 5.86. The summed E-state index contributed by atoms with van der Waals surface area (Å²) in [4.78, 5) is 12.0. The second kappa shape index (κ2) is 4.25. The SMILES string of the molecule is Cc1ccc(C(C)NC(=O)C2(C#N)CCC2)o1. The third kappa shape index (κ3) is 2.05. The molecule has 1 aliphatic rings. The number of aryl methyl sites for hydroxylation is 1. The zero-order valence-electron chi connectivity index (χ0n) is 10.1. The number of hydrogen-bond acceptors (Lipinski definition) is 3. The van der Waals surface area contributed by atoms with Gasteiger partial charge in [-0.25, -0.2) is 0 Å². The Kier molecular flexibility index (Phi) is 2.93. The molecule has 90 valence electrons. The summed E-state index contributed by atoms with van der Waals surface area (Å²) in [6, 6.07) is 5.65. The molecule has 0 spiro atoms. The van der Waals surface area contributed by atoms with Gasteiger partial charge in [0.25, 0.3) is 0 Å². The Labute approximate surface area is 101 Å². The minimum Gasteiger partial charge on any atom is -0.464 e. The van der Waals surface area contributed by atoms with Crippen molar-refractivity contribution >= 4 is 5.91 Å². The summed E-state index contributed by atoms with van der Waals surface area (Å²) in [5.41, 5.74) is -0.796. The van der Waals surface area contributed by atoms with E-state index in [1.807, 2.05) is 26.0 Å². The number of nitriles is 1. The summed E-state index contributed by atoms with van der Waals surface area (Å²) >= 11 is 0. The molecule has 0 aromatic carbocycles. The number of amides is 1. The van der Waals surface area contributed by atoms with Gasteiger partial charge >= 0.3 is 0 Å². The maximum atomic E-state index is 12.0. The normalized spacial score (nSPS) is 18.9. The Morgan fingerprint density at radius 1 is 1.59 bits per heavy atom. The van der Waals surface area contributed by atoms with Crippen LogP contribution in [0.1, 0.15) is 43.7 Å². The molecule has 4 heteroatoms. The standard InChI is InChI=1S/C13H16N2O2/c1-9-4-5-11(17-9)10(2)15-12(16)13(8-14)6-3-7-13/h4-5,10H,3,6-7H2,1-2H3,(H,15,16). The second-order valence-corrected chi connectivity index (χ2v) is 4.69. The van der Waals surface area contributed by atoms with Crippen molar-refractivity contribution in [2.45, 2.75) is 39.2 Å². The van der Waals surface area contributed by atoms with Crippen LogP contribution >= 0.6 is 0 Å². The quantitative estimate of drug-likeness (QED) is 0.870. The number of carbonyl (C=O) groups is 1. The molecule has 1 fully saturated rings. The van der Waals surface area contributed by atoms with Crippen molar-refractivity contribution in [2.24, 2.45) is 5.41 Å². The molecule has 0 aliphatic heterocycles. The largest absolute Gasteiger partial charge is 0.464 e. The van der Waals surface area contributed by atoms with Crippen LogP contribution < -0.4 is 5.32 Å². The van der Waals surface area contributed by atoms with Gasteiger partial charge in [-0.15, -0.1) is 0 Å². The highest BCUT2D eigenvalue weighted by Crippen LogP contribution is 2.40. The Bertz CT molecular complexity index is 466. The van der Waals surface area contributed by atoms with Crippen molar-refractivity contribution in [3.05, 3.63) is 23.7 Å². The highest BCUT2D eigenvalue weighted by atomic mass is 16.3. The molecule has 1 saturated carbocycles. The van der Waals surface area contributed by atoms with E-state index in [0.717, 1.165) is 17.9 Å². The zero-order valence-corrected chi connectivity index (χ0v) is 10.1. The topological polar surface area (TPSA) is 66.0 Å². The molecular formula is C13H16N2O2. The van der Waals surface area contributed by atoms with Gasteiger partial charge in [-0.3, -0.25) is 4.79 Å². The van der Waals surface area contributed by atoms with Crippen molar-refractivity contribution in [2.75, 3.05) is 0 Å². The van der Waals surface area contributed by atoms with E-state index in [9.17, 15) is 4.79 Å². The maximum absolute atomic E-state index is 12.0. The molecule has 0 radical (unpaired) electrons. The minimum absolute atomic E-state index is 0.173. The van der Waals surface area contributed by atoms with Crippen LogP contribution in [0.15, 0.2) is 16.5 Å². The van der Waals surface area contributed by atoms with E-state index < -0.39 is 5.41 Å². The van der Waals surface area contributed by atoms with E-state index in [1.54, 1.807) is 0 Å². The Balaban J connectivity index is 2.02. The fraction of sp³-hybridized carbons (Fsp3) is 0.538. The molecule has 2 rings (SSSR count). The molecule has 0 saturated heterocycles. The monoisotopic (exact) mass is 232 g/mol. The van der Waals surface area contributed by atoms with Crippen LogP contribution in [0.2, 0.25) is 0 Å². The third-order valence-electron chi connectivity index (χ3n) is 3.39. The number of nitrogens with one attached hydrogen (secondary N) is 1. The first kappa shape index (κ1) is 11.7. The molecule has 1 aliphatic carbocycles. The molecule has 1 amide bonds. The highest BCUT2D eigenvalue weighted by Gasteiger charge is 2.45. The van der Waals surface area contributed by atoms with Crippen molar-refractivity contribution in [1.29, 1.82) is 5.26 Å². The van der Waals surface area contributed by atoms with Crippen LogP contribution in [0.25, 0.3) is 0 Å². The van der Waals surface area contributed by atoms with Gasteiger partial charge in [0, 0.05) is 0 Å². The average Bonchev–Trinajstić information content (AvgIpc) is 2.64. The van der Waals surface area contributed by atoms with Crippen LogP contribution in [0, 0.1) is 23.7 Å². The summed E-state index contributed by atoms with van der Waals surface area (Å²) in [6.07, 6.45) is 2.29. The van der Waals surface area contributed by atoms with Crippen molar-refractivity contribution in [3.63, 3.8) is 0 Å². The number of nitrogens with zero attached hydrogens (tertiary/aromatic N) is 1. The molecular weight excluding hydrogens is 216 g/mol. The van der Waals surface area contributed by atoms with Crippen molar-refractivity contribution in [1.82, 2.24) is 5.32 Å². The molecule has 4 nitrogen and oxygen atoms in total. The summed E-state index contributed by atoms with van der Waals surface area (Å²) < 4.78 is 5.45. The van der Waals surface area contributed by atoms with E-state index >= 15 is 0 Å². The van der Waals surface area contributed by atoms with Gasteiger partial charge in [-0.05, 0) is 45.2 Å². The van der Waals surface area contributed by atoms with Gasteiger partial charge in [-0.1, -0.05) is 0 Å². The fourth-order valence-corrected chi connectivity index (χ4v) is 2.01. The molecule has 0 bridgehead atoms. The number of rotatable bonds is 3. The van der Waals surface area contributed by atoms with Crippen LogP contribution in [-0.2, 0) is 4.79 Å². The Morgan fingerprint density at radius 3 is 2.71 bits per heavy atom. The summed E-state index contributed by atoms with van der Waals surface area (Å²) in [5, 5.41) is 11.9. The molecule has 1 N–H and O–H groups in total. The van der Waals surface area contributed by atoms with Gasteiger partial charge in [0.15, 0.2) is 0 Å². The van der Waals surface area contributed by atoms with Gasteiger partial charge < -0.3 is 9.73 Å². The zero-order chi connectivity index (χ0) is 12.5. The van der Waals surface area contributed by atoms with E-state index in [0.29, 0.717) is 12.8 Å². The summed E-state index contributed by atoms with van der Waals surface area (Å²) in [5.74, 6) is 1.37. The van der Waals surface area contributed by atoms with Crippen LogP contribution in [0.4, 0.5) is 0 Å². The highest BCUT2D eigenvalue weighted by molar-refractivity contribution is 5.86. The van der Waals surface area contributed by atoms with Gasteiger partial charge in [0.05, 0.1) is 12.1 Å². The molecule has 17 heavy (non-hydrogen) atoms. The lowest BCUT2D eigenvalue weighted by Crippen LogP contribution is -2.45. The fourth-order valence-electron chi connectivity index (χ4n) is 2.01. The van der Waals surface area contributed by atoms with Crippen molar-refractivity contribution < 1.29 is 9.21 Å². The van der Waals surface area contributed by atoms with Crippen molar-refractivity contribution in [3.8, 4) is 6.07 Å². The minimum atomic E-state index is -0.796. The summed E-state index contributed by atoms with van der Waals surface area (Å²) in [7, 11) is 0. The molecule has 1 heterocycles. The van der Waals surface area contributed by atoms with Gasteiger partial charge in [-0.2, -0.15) is 5.26 Å². The average molecular weight is 232 g/mol. The first-order chi connectivity index (χ1) is 8.07. The number of hydrogen-bond donors (Lipinski definition) is 1. The smallest absolute Gasteiger partial charge is 0.241 e. The number of furan rings is 1. The Morgan fingerprint density at radius 2 is 2.29 bits per heavy atom. The predicted molar refractivity (Wildman–Crippen MR) is 61.9 cm³/mol. The summed E-state index contributed by atoms with van der Waals surface area (Å²) in [6.45, 7) is 3.72. The van der Waals surface area contributed by atoms with Gasteiger partial charge in [0.2, 0.25) is 5.91 Å². The third-order valence-corrected chi connectivity index (χ3v) is 3.39. The second-order valence-electron chi connectivity index (χ2n) is 4.69. The molecule has 1 aromatic rings. The molecule has 1 aromatic heterocycles. The lowest BCUT2D eigenvalue weighted by atomic mass is 9.69. The molecule has 1 atom stereocenters. The van der Waals surface area contributed by atoms with Crippen LogP contribution in [0.5, 0.6) is 0 Å². The van der Waals surface area contributed by atoms with E-state index in [1.165, 1.54) is 0 Å². The van der Waals surface area contributed by atoms with E-state index in [4.69, 9.17) is 9.68 Å².